The van der Waals surface area contributed by atoms with Gasteiger partial charge in [-0.1, -0.05) is 18.2 Å². The molecule has 0 radical (unpaired) electrons. The van der Waals surface area contributed by atoms with Gasteiger partial charge in [-0.25, -0.2) is 48.9 Å². The topological polar surface area (TPSA) is 405 Å². The van der Waals surface area contributed by atoms with Crippen LogP contribution in [0.25, 0.3) is 99.8 Å². The molecule has 3 aliphatic rings. The minimum absolute atomic E-state index is 0.225. The molecule has 112 heavy (non-hydrogen) atoms. The second-order valence-electron chi connectivity index (χ2n) is 27.9. The number of amides is 3. The molecule has 15 aromatic rings. The lowest BCUT2D eigenvalue weighted by Gasteiger charge is -2.29. The van der Waals surface area contributed by atoms with Gasteiger partial charge in [-0.05, 0) is 170 Å². The molecule has 3 aromatic carbocycles. The summed E-state index contributed by atoms with van der Waals surface area (Å²) in [7, 11) is 12.4. The number of likely N-dealkylation sites (tertiary alicyclic amines) is 1. The zero-order chi connectivity index (χ0) is 77.4. The maximum absolute atomic E-state index is 13.2. The van der Waals surface area contributed by atoms with Crippen molar-refractivity contribution >= 4 is 118 Å². The van der Waals surface area contributed by atoms with Crippen molar-refractivity contribution < 1.29 is 28.6 Å². The monoisotopic (exact) mass is 1510 g/mol. The Labute approximate surface area is 641 Å². The Morgan fingerprint density at radius 3 is 1.28 bits per heavy atom. The number of hydrogen-bond donors (Lipinski definition) is 8. The van der Waals surface area contributed by atoms with Crippen LogP contribution >= 0.6 is 0 Å². The van der Waals surface area contributed by atoms with Crippen LogP contribution in [0.2, 0.25) is 0 Å². The molecule has 0 aliphatic carbocycles. The molecule has 0 bridgehead atoms. The van der Waals surface area contributed by atoms with Gasteiger partial charge in [0.2, 0.25) is 0 Å². The molecule has 3 fully saturated rings. The predicted octanol–water partition coefficient (Wildman–Crippen LogP) is 9.79. The first-order valence-corrected chi connectivity index (χ1v) is 36.8. The van der Waals surface area contributed by atoms with Crippen molar-refractivity contribution in [3.63, 3.8) is 0 Å². The predicted molar refractivity (Wildman–Crippen MR) is 429 cm³/mol. The van der Waals surface area contributed by atoms with E-state index in [0.29, 0.717) is 102 Å². The van der Waals surface area contributed by atoms with E-state index in [0.717, 1.165) is 144 Å². The molecule has 33 nitrogen and oxygen atoms in total. The van der Waals surface area contributed by atoms with Gasteiger partial charge < -0.3 is 76.6 Å². The lowest BCUT2D eigenvalue weighted by molar-refractivity contribution is 0.101. The van der Waals surface area contributed by atoms with E-state index in [4.69, 9.17) is 46.7 Å². The van der Waals surface area contributed by atoms with E-state index in [1.165, 1.54) is 19.0 Å². The third-order valence-electron chi connectivity index (χ3n) is 21.2. The molecule has 15 heterocycles. The number of pyridine rings is 3. The molecule has 0 atom stereocenters. The molecule has 0 saturated carbocycles. The standard InChI is InChI=1S/C27H29N9O2.2C26H27N9O2/c1-34-11-8-18(9-12-34)36-26-22(24(28)30-15-31-26)23(33-36)16-6-7-19(21(14-16)38-3)32-27(37)20-13-17-5-4-10-29-25(17)35(20)2;1-34-19-7-10-29-13-16(19)11-20(34)26(36)32-18-4-3-15(12-21(18)37-2)23-22-24(27)30-14-31-25(22)35(33-23)17-5-8-28-9-6-17;1-34-19-4-3-9-29-18(19)13-20(34)26(36)32-17-6-5-15(12-21(17)37-2)23-22-24(27)30-14-31-25(22)35(33-23)16-7-10-28-11-8-16/h4-7,10,13-15,18H,8-9,11-12H2,1-3H3,(H,32,37)(H2,28,30,31);3-4,7,10-14,17,28H,5-6,8-9H2,1-2H3,(H,32,36)(H2,27,30,31);3-6,9,12-14,16,28H,7-8,10-11H2,1-2H3,(H,32,36)(H2,27,30,31). The second kappa shape index (κ2) is 30.9. The van der Waals surface area contributed by atoms with Gasteiger partial charge in [0.25, 0.3) is 17.7 Å². The van der Waals surface area contributed by atoms with Crippen LogP contribution in [0.4, 0.5) is 34.5 Å². The summed E-state index contributed by atoms with van der Waals surface area (Å²) in [5.74, 6) is 1.88. The average molecular weight is 1510 g/mol. The molecule has 0 unspecified atom stereocenters. The highest BCUT2D eigenvalue weighted by Crippen LogP contribution is 2.42. The second-order valence-corrected chi connectivity index (χ2v) is 27.9. The van der Waals surface area contributed by atoms with Gasteiger partial charge in [-0.2, -0.15) is 15.3 Å². The normalized spacial score (nSPS) is 14.5. The number of nitrogens with two attached hydrogens (primary N) is 3. The fourth-order valence-electron chi connectivity index (χ4n) is 15.2. The van der Waals surface area contributed by atoms with Crippen LogP contribution in [0.1, 0.15) is 88.1 Å². The zero-order valence-corrected chi connectivity index (χ0v) is 62.8. The van der Waals surface area contributed by atoms with E-state index in [-0.39, 0.29) is 35.8 Å². The van der Waals surface area contributed by atoms with Gasteiger partial charge in [0.15, 0.2) is 16.9 Å². The molecule has 33 heteroatoms. The summed E-state index contributed by atoms with van der Waals surface area (Å²) in [6.07, 6.45) is 17.1. The molecule has 0 spiro atoms. The van der Waals surface area contributed by atoms with Gasteiger partial charge in [-0.15, -0.1) is 0 Å². The van der Waals surface area contributed by atoms with Crippen LogP contribution in [0.15, 0.2) is 147 Å². The molecular formula is C79H83N27O6. The van der Waals surface area contributed by atoms with Crippen LogP contribution < -0.4 is 58.0 Å². The lowest BCUT2D eigenvalue weighted by atomic mass is 10.1. The Morgan fingerprint density at radius 1 is 0.429 bits per heavy atom. The molecular weight excluding hydrogens is 1420 g/mol. The third kappa shape index (κ3) is 13.8. The summed E-state index contributed by atoms with van der Waals surface area (Å²) < 4.78 is 28.4. The van der Waals surface area contributed by atoms with Crippen LogP contribution in [0.3, 0.4) is 0 Å². The fourth-order valence-corrected chi connectivity index (χ4v) is 15.2. The zero-order valence-electron chi connectivity index (χ0n) is 62.8. The number of fused-ring (bicyclic) bond motifs is 6. The minimum Gasteiger partial charge on any atom is -0.495 e. The van der Waals surface area contributed by atoms with E-state index in [9.17, 15) is 14.4 Å². The Bertz CT molecular complexity index is 5850. The van der Waals surface area contributed by atoms with E-state index < -0.39 is 0 Å². The summed E-state index contributed by atoms with van der Waals surface area (Å²) in [5.41, 5.74) is 32.0. The Morgan fingerprint density at radius 2 is 0.839 bits per heavy atom. The number of anilines is 6. The quantitative estimate of drug-likeness (QED) is 0.0473. The number of hydrogen-bond acceptors (Lipinski definition) is 24. The fraction of sp³-hybridized carbons (Fsp3) is 0.278. The van der Waals surface area contributed by atoms with Gasteiger partial charge in [0.05, 0.1) is 89.2 Å². The maximum atomic E-state index is 13.2. The number of piperidine rings is 3. The first kappa shape index (κ1) is 72.7. The average Bonchev–Trinajstić information content (AvgIpc) is 1.61. The summed E-state index contributed by atoms with van der Waals surface area (Å²) in [6, 6.07) is 32.2. The number of nitrogen functional groups attached to an aromatic ring is 3. The van der Waals surface area contributed by atoms with Crippen molar-refractivity contribution in [3.8, 4) is 51.0 Å². The summed E-state index contributed by atoms with van der Waals surface area (Å²) >= 11 is 0. The molecule has 3 aliphatic heterocycles. The number of benzene rings is 3. The number of nitrogens with one attached hydrogen (secondary N) is 5. The SMILES string of the molecule is COc1cc(-c2nn(C3CCN(C)CC3)c3ncnc(N)c23)ccc1NC(=O)c1cc2cccnc2n1C.COc1cc(-c2nn(C3CCNCC3)c3ncnc(N)c23)ccc1NC(=O)c1cc2cnccc2n1C.COc1cc(-c2nn(C3CCNCC3)c3ncnc(N)c23)ccc1NC(=O)c1cc2ncccc2n1C. The summed E-state index contributed by atoms with van der Waals surface area (Å²) in [6.45, 7) is 5.70. The first-order valence-electron chi connectivity index (χ1n) is 36.8. The number of methoxy groups -OCH3 is 3. The van der Waals surface area contributed by atoms with Gasteiger partial charge in [-0.3, -0.25) is 24.4 Å². The van der Waals surface area contributed by atoms with Crippen molar-refractivity contribution in [2.45, 2.75) is 56.7 Å². The third-order valence-corrected chi connectivity index (χ3v) is 21.2. The molecule has 3 saturated heterocycles. The van der Waals surface area contributed by atoms with E-state index in [1.54, 1.807) is 56.8 Å². The Kier molecular flexibility index (Phi) is 20.0. The number of aryl methyl sites for hydroxylation is 3. The van der Waals surface area contributed by atoms with Crippen LogP contribution in [0, 0.1) is 0 Å². The highest BCUT2D eigenvalue weighted by molar-refractivity contribution is 6.10. The van der Waals surface area contributed by atoms with Crippen LogP contribution in [-0.2, 0) is 21.1 Å². The number of nitrogens with zero attached hydrogens (tertiary/aromatic N) is 19. The number of ether oxygens (including phenoxy) is 3. The molecule has 3 amide bonds. The van der Waals surface area contributed by atoms with Gasteiger partial charge in [0, 0.05) is 73.4 Å². The Hall–Kier alpha value is -13.5. The highest BCUT2D eigenvalue weighted by atomic mass is 16.5. The van der Waals surface area contributed by atoms with E-state index >= 15 is 0 Å². The van der Waals surface area contributed by atoms with Crippen molar-refractivity contribution in [3.05, 3.63) is 164 Å². The summed E-state index contributed by atoms with van der Waals surface area (Å²) in [5, 5.41) is 34.5. The van der Waals surface area contributed by atoms with Gasteiger partial charge in [0.1, 0.15) is 93.5 Å². The van der Waals surface area contributed by atoms with Crippen molar-refractivity contribution in [1.82, 2.24) is 103 Å². The number of carbonyl (C=O) groups excluding carboxylic acids is 3. The van der Waals surface area contributed by atoms with Crippen molar-refractivity contribution in [1.29, 1.82) is 0 Å². The number of aromatic nitrogens is 18. The van der Waals surface area contributed by atoms with Crippen LogP contribution in [0.5, 0.6) is 17.2 Å². The highest BCUT2D eigenvalue weighted by Gasteiger charge is 2.30. The molecule has 18 rings (SSSR count). The van der Waals surface area contributed by atoms with E-state index in [1.807, 2.05) is 141 Å². The lowest BCUT2D eigenvalue weighted by Crippen LogP contribution is -2.31. The van der Waals surface area contributed by atoms with E-state index in [2.05, 4.69) is 83.4 Å². The smallest absolute Gasteiger partial charge is 0.272 e. The minimum atomic E-state index is -0.259. The molecule has 570 valence electrons. The molecule has 11 N–H and O–H groups in total. The van der Waals surface area contributed by atoms with Crippen molar-refractivity contribution in [2.75, 3.05) is 101 Å². The van der Waals surface area contributed by atoms with Gasteiger partial charge >= 0.3 is 0 Å². The maximum Gasteiger partial charge on any atom is 0.272 e. The molecule has 12 aromatic heterocycles. The number of carbonyl (C=O) groups is 3. The largest absolute Gasteiger partial charge is 0.495 e. The first-order chi connectivity index (χ1) is 54.5. The van der Waals surface area contributed by atoms with Crippen LogP contribution in [-0.4, -0.2) is 178 Å². The van der Waals surface area contributed by atoms with Crippen molar-refractivity contribution in [2.24, 2.45) is 21.1 Å². The number of rotatable bonds is 15. The Balaban J connectivity index is 0.000000127. The summed E-state index contributed by atoms with van der Waals surface area (Å²) in [4.78, 5) is 80.9.